The van der Waals surface area contributed by atoms with Crippen molar-refractivity contribution in [2.45, 2.75) is 72.5 Å². The number of benzene rings is 1. The highest BCUT2D eigenvalue weighted by Crippen LogP contribution is 2.34. The molecule has 1 saturated carbocycles. The van der Waals surface area contributed by atoms with Gasteiger partial charge in [0.1, 0.15) is 6.54 Å². The van der Waals surface area contributed by atoms with Crippen LogP contribution < -0.4 is 9.47 Å². The van der Waals surface area contributed by atoms with E-state index in [1.165, 1.54) is 0 Å². The third-order valence-corrected chi connectivity index (χ3v) is 7.05. The number of carbonyl (C=O) groups excluding carboxylic acids is 2. The topological polar surface area (TPSA) is 59.1 Å². The second kappa shape index (κ2) is 10.4. The summed E-state index contributed by atoms with van der Waals surface area (Å²) in [5.74, 6) is 1.82. The van der Waals surface area contributed by atoms with E-state index >= 15 is 0 Å². The third kappa shape index (κ3) is 6.75. The summed E-state index contributed by atoms with van der Waals surface area (Å²) in [6.07, 6.45) is 3.45. The van der Waals surface area contributed by atoms with Crippen LogP contribution in [0.25, 0.3) is 0 Å². The molecule has 1 aromatic carbocycles. The van der Waals surface area contributed by atoms with Gasteiger partial charge in [-0.2, -0.15) is 0 Å². The predicted octanol–water partition coefficient (Wildman–Crippen LogP) is 5.46. The molecule has 1 unspecified atom stereocenters. The molecule has 0 N–H and O–H groups in total. The Bertz CT molecular complexity index is 995. The minimum atomic E-state index is -0.0187. The fraction of sp³-hybridized carbons (Fsp3) is 0.556. The van der Waals surface area contributed by atoms with Crippen LogP contribution in [0.3, 0.4) is 0 Å². The quantitative estimate of drug-likeness (QED) is 0.449. The Hall–Kier alpha value is -2.54. The van der Waals surface area contributed by atoms with E-state index in [9.17, 15) is 9.59 Å². The summed E-state index contributed by atoms with van der Waals surface area (Å²) >= 11 is 1.64. The number of carbonyl (C=O) groups is 2. The average Bonchev–Trinajstić information content (AvgIpc) is 3.25. The molecule has 2 aliphatic rings. The van der Waals surface area contributed by atoms with Crippen LogP contribution >= 0.6 is 11.3 Å². The molecule has 2 amide bonds. The summed E-state index contributed by atoms with van der Waals surface area (Å²) in [5.41, 5.74) is 1.17. The number of thiophene rings is 1. The van der Waals surface area contributed by atoms with Crippen molar-refractivity contribution >= 4 is 23.2 Å². The Morgan fingerprint density at radius 3 is 2.53 bits per heavy atom. The zero-order valence-corrected chi connectivity index (χ0v) is 21.5. The van der Waals surface area contributed by atoms with Gasteiger partial charge in [-0.25, -0.2) is 0 Å². The highest BCUT2D eigenvalue weighted by molar-refractivity contribution is 7.09. The minimum Gasteiger partial charge on any atom is -0.454 e. The summed E-state index contributed by atoms with van der Waals surface area (Å²) in [7, 11) is 0. The molecule has 6 nitrogen and oxygen atoms in total. The lowest BCUT2D eigenvalue weighted by Gasteiger charge is -2.29. The Kier molecular flexibility index (Phi) is 7.51. The normalized spacial score (nSPS) is 15.8. The molecule has 1 aromatic heterocycles. The Morgan fingerprint density at radius 1 is 1.09 bits per heavy atom. The maximum Gasteiger partial charge on any atom is 0.242 e. The van der Waals surface area contributed by atoms with Gasteiger partial charge in [0.05, 0.1) is 6.54 Å². The van der Waals surface area contributed by atoms with Crippen LogP contribution in [0.1, 0.15) is 63.8 Å². The van der Waals surface area contributed by atoms with Crippen molar-refractivity contribution in [1.29, 1.82) is 0 Å². The van der Waals surface area contributed by atoms with Gasteiger partial charge in [0.15, 0.2) is 11.5 Å². The standard InChI is InChI=1S/C27H36N2O4S/c1-19(14-27(2,3)4)12-25(30)29(21-8-9-21)17-26(31)28(16-22-6-5-11-34-22)15-20-7-10-23-24(13-20)33-18-32-23/h5-7,10-11,13,19,21H,8-9,12,14-18H2,1-4H3. The molecule has 2 heterocycles. The van der Waals surface area contributed by atoms with Crippen LogP contribution in [0.15, 0.2) is 35.7 Å². The van der Waals surface area contributed by atoms with Crippen LogP contribution in [0.4, 0.5) is 0 Å². The number of fused-ring (bicyclic) bond motifs is 1. The van der Waals surface area contributed by atoms with E-state index in [1.807, 2.05) is 45.5 Å². The number of nitrogens with zero attached hydrogens (tertiary/aromatic N) is 2. The molecule has 0 bridgehead atoms. The summed E-state index contributed by atoms with van der Waals surface area (Å²) < 4.78 is 10.9. The summed E-state index contributed by atoms with van der Waals surface area (Å²) in [6, 6.07) is 10.0. The molecule has 0 saturated heterocycles. The highest BCUT2D eigenvalue weighted by Gasteiger charge is 2.35. The molecule has 34 heavy (non-hydrogen) atoms. The van der Waals surface area contributed by atoms with E-state index in [-0.39, 0.29) is 36.6 Å². The van der Waals surface area contributed by atoms with Gasteiger partial charge in [-0.3, -0.25) is 9.59 Å². The number of hydrogen-bond donors (Lipinski definition) is 0. The molecule has 184 valence electrons. The van der Waals surface area contributed by atoms with Crippen molar-refractivity contribution in [2.75, 3.05) is 13.3 Å². The monoisotopic (exact) mass is 484 g/mol. The van der Waals surface area contributed by atoms with E-state index in [0.29, 0.717) is 31.2 Å². The maximum absolute atomic E-state index is 13.5. The zero-order chi connectivity index (χ0) is 24.3. The van der Waals surface area contributed by atoms with Crippen molar-refractivity contribution in [3.05, 3.63) is 46.2 Å². The molecule has 2 aromatic rings. The molecule has 1 fully saturated rings. The van der Waals surface area contributed by atoms with Gasteiger partial charge in [0, 0.05) is 23.9 Å². The van der Waals surface area contributed by atoms with Gasteiger partial charge < -0.3 is 19.3 Å². The molecule has 7 heteroatoms. The first-order valence-corrected chi connectivity index (χ1v) is 13.0. The van der Waals surface area contributed by atoms with Gasteiger partial charge in [-0.15, -0.1) is 11.3 Å². The van der Waals surface area contributed by atoms with Gasteiger partial charge in [0.25, 0.3) is 0 Å². The minimum absolute atomic E-state index is 0.0187. The van der Waals surface area contributed by atoms with E-state index in [0.717, 1.165) is 35.5 Å². The number of amides is 2. The zero-order valence-electron chi connectivity index (χ0n) is 20.7. The molecule has 4 rings (SSSR count). The first-order chi connectivity index (χ1) is 16.2. The van der Waals surface area contributed by atoms with Crippen molar-refractivity contribution in [1.82, 2.24) is 9.80 Å². The Labute approximate surface area is 206 Å². The van der Waals surface area contributed by atoms with E-state index in [4.69, 9.17) is 9.47 Å². The number of hydrogen-bond acceptors (Lipinski definition) is 5. The molecular formula is C27H36N2O4S. The Morgan fingerprint density at radius 2 is 1.85 bits per heavy atom. The van der Waals surface area contributed by atoms with Crippen molar-refractivity contribution < 1.29 is 19.1 Å². The largest absolute Gasteiger partial charge is 0.454 e. The summed E-state index contributed by atoms with van der Waals surface area (Å²) in [6.45, 7) is 10.1. The molecular weight excluding hydrogens is 448 g/mol. The highest BCUT2D eigenvalue weighted by atomic mass is 32.1. The van der Waals surface area contributed by atoms with E-state index in [2.05, 4.69) is 27.7 Å². The van der Waals surface area contributed by atoms with Crippen LogP contribution in [-0.2, 0) is 22.7 Å². The van der Waals surface area contributed by atoms with Crippen LogP contribution in [0.2, 0.25) is 0 Å². The third-order valence-electron chi connectivity index (χ3n) is 6.19. The molecule has 1 atom stereocenters. The summed E-state index contributed by atoms with van der Waals surface area (Å²) in [5, 5.41) is 2.02. The first-order valence-electron chi connectivity index (χ1n) is 12.2. The second-order valence-corrected chi connectivity index (χ2v) is 11.9. The lowest BCUT2D eigenvalue weighted by atomic mass is 9.84. The molecule has 0 spiro atoms. The van der Waals surface area contributed by atoms with Crippen LogP contribution in [0, 0.1) is 11.3 Å². The van der Waals surface area contributed by atoms with Gasteiger partial charge in [-0.05, 0) is 59.7 Å². The second-order valence-electron chi connectivity index (χ2n) is 10.8. The predicted molar refractivity (Wildman–Crippen MR) is 134 cm³/mol. The average molecular weight is 485 g/mol. The van der Waals surface area contributed by atoms with Crippen LogP contribution in [-0.4, -0.2) is 41.0 Å². The van der Waals surface area contributed by atoms with Gasteiger partial charge in [0.2, 0.25) is 18.6 Å². The lowest BCUT2D eigenvalue weighted by molar-refractivity contribution is -0.142. The fourth-order valence-electron chi connectivity index (χ4n) is 4.67. The SMILES string of the molecule is CC(CC(=O)N(CC(=O)N(Cc1ccc2c(c1)OCO2)Cc1cccs1)C1CC1)CC(C)(C)C. The summed E-state index contributed by atoms with van der Waals surface area (Å²) in [4.78, 5) is 31.6. The lowest BCUT2D eigenvalue weighted by Crippen LogP contribution is -2.44. The fourth-order valence-corrected chi connectivity index (χ4v) is 5.39. The smallest absolute Gasteiger partial charge is 0.242 e. The van der Waals surface area contributed by atoms with Gasteiger partial charge in [-0.1, -0.05) is 39.8 Å². The van der Waals surface area contributed by atoms with Crippen molar-refractivity contribution in [3.63, 3.8) is 0 Å². The maximum atomic E-state index is 13.5. The molecule has 1 aliphatic heterocycles. The number of rotatable bonds is 10. The van der Waals surface area contributed by atoms with Gasteiger partial charge >= 0.3 is 0 Å². The first kappa shape index (κ1) is 24.6. The van der Waals surface area contributed by atoms with E-state index in [1.54, 1.807) is 11.3 Å². The van der Waals surface area contributed by atoms with Crippen molar-refractivity contribution in [3.8, 4) is 11.5 Å². The van der Waals surface area contributed by atoms with Crippen molar-refractivity contribution in [2.24, 2.45) is 11.3 Å². The molecule has 1 aliphatic carbocycles. The molecule has 0 radical (unpaired) electrons. The van der Waals surface area contributed by atoms with Crippen LogP contribution in [0.5, 0.6) is 11.5 Å². The number of ether oxygens (including phenoxy) is 2. The van der Waals surface area contributed by atoms with E-state index < -0.39 is 0 Å². The Balaban J connectivity index is 1.45.